The number of benzene rings is 2. The van der Waals surface area contributed by atoms with E-state index in [1.165, 1.54) is 6.07 Å². The van der Waals surface area contributed by atoms with E-state index in [1.807, 2.05) is 24.8 Å². The first-order valence-electron chi connectivity index (χ1n) is 10.3. The fourth-order valence-electron chi connectivity index (χ4n) is 3.96. The molecular weight excluding hydrogens is 415 g/mol. The summed E-state index contributed by atoms with van der Waals surface area (Å²) in [5, 5.41) is 0.554. The number of amides is 1. The Labute approximate surface area is 186 Å². The van der Waals surface area contributed by atoms with E-state index >= 15 is 0 Å². The minimum Gasteiger partial charge on any atom is -0.353 e. The minimum atomic E-state index is -0.252. The topological polar surface area (TPSA) is 49.3 Å². The Bertz CT molecular complexity index is 1110. The van der Waals surface area contributed by atoms with Crippen molar-refractivity contribution in [3.05, 3.63) is 87.6 Å². The molecule has 5 nitrogen and oxygen atoms in total. The van der Waals surface area contributed by atoms with Gasteiger partial charge in [0.05, 0.1) is 0 Å². The number of piperazine rings is 1. The van der Waals surface area contributed by atoms with Crippen LogP contribution < -0.4 is 4.90 Å². The summed E-state index contributed by atoms with van der Waals surface area (Å²) >= 11 is 6.04. The smallest absolute Gasteiger partial charge is 0.254 e. The lowest BCUT2D eigenvalue weighted by molar-refractivity contribution is 0.0746. The van der Waals surface area contributed by atoms with Gasteiger partial charge in [-0.1, -0.05) is 29.8 Å². The lowest BCUT2D eigenvalue weighted by atomic mass is 10.0. The van der Waals surface area contributed by atoms with E-state index in [0.29, 0.717) is 49.0 Å². The molecule has 160 valence electrons. The van der Waals surface area contributed by atoms with Crippen molar-refractivity contribution >= 4 is 23.3 Å². The summed E-state index contributed by atoms with van der Waals surface area (Å²) in [7, 11) is 0. The maximum absolute atomic E-state index is 13.7. The number of carbonyl (C=O) groups is 1. The van der Waals surface area contributed by atoms with Gasteiger partial charge >= 0.3 is 0 Å². The number of hydrogen-bond acceptors (Lipinski definition) is 4. The second kappa shape index (κ2) is 9.02. The predicted molar refractivity (Wildman–Crippen MR) is 120 cm³/mol. The van der Waals surface area contributed by atoms with Gasteiger partial charge < -0.3 is 9.80 Å². The summed E-state index contributed by atoms with van der Waals surface area (Å²) in [6, 6.07) is 13.7. The highest BCUT2D eigenvalue weighted by atomic mass is 35.5. The Morgan fingerprint density at radius 1 is 1.03 bits per heavy atom. The van der Waals surface area contributed by atoms with Crippen LogP contribution in [0.25, 0.3) is 0 Å². The Morgan fingerprint density at radius 2 is 1.77 bits per heavy atom. The number of anilines is 1. The molecule has 1 saturated heterocycles. The number of nitrogens with zero attached hydrogens (tertiary/aromatic N) is 4. The van der Waals surface area contributed by atoms with Crippen molar-refractivity contribution in [3.8, 4) is 0 Å². The average Bonchev–Trinajstić information content (AvgIpc) is 2.75. The molecule has 7 heteroatoms. The Hall–Kier alpha value is -2.99. The zero-order valence-electron chi connectivity index (χ0n) is 17.6. The lowest BCUT2D eigenvalue weighted by Crippen LogP contribution is -2.49. The number of aromatic nitrogens is 2. The van der Waals surface area contributed by atoms with Gasteiger partial charge in [-0.3, -0.25) is 4.79 Å². The number of halogens is 2. The summed E-state index contributed by atoms with van der Waals surface area (Å²) in [4.78, 5) is 26.1. The molecule has 0 saturated carbocycles. The van der Waals surface area contributed by atoms with E-state index in [2.05, 4.69) is 9.88 Å². The molecule has 3 aromatic rings. The van der Waals surface area contributed by atoms with Crippen molar-refractivity contribution < 1.29 is 9.18 Å². The van der Waals surface area contributed by atoms with Gasteiger partial charge in [-0.05, 0) is 49.7 Å². The molecule has 2 aromatic carbocycles. The van der Waals surface area contributed by atoms with Gasteiger partial charge in [-0.25, -0.2) is 14.4 Å². The highest BCUT2D eigenvalue weighted by molar-refractivity contribution is 6.30. The molecule has 0 unspecified atom stereocenters. The molecule has 0 atom stereocenters. The summed E-state index contributed by atoms with van der Waals surface area (Å²) < 4.78 is 13.7. The molecule has 1 aliphatic heterocycles. The van der Waals surface area contributed by atoms with Crippen molar-refractivity contribution in [3.63, 3.8) is 0 Å². The van der Waals surface area contributed by atoms with Gasteiger partial charge in [-0.15, -0.1) is 0 Å². The van der Waals surface area contributed by atoms with E-state index in [4.69, 9.17) is 16.6 Å². The van der Waals surface area contributed by atoms with Crippen LogP contribution in [0.4, 0.5) is 10.2 Å². The van der Waals surface area contributed by atoms with E-state index < -0.39 is 0 Å². The van der Waals surface area contributed by atoms with Crippen LogP contribution in [0.1, 0.15) is 33.0 Å². The standard InChI is InChI=1S/C24H24ClFN4O/c1-16-22(14-18-5-3-8-21(26)13-18)23(28-17(2)27-16)29-9-11-30(12-10-29)24(31)19-6-4-7-20(25)15-19/h3-8,13,15H,9-12,14H2,1-2H3. The first kappa shape index (κ1) is 21.2. The molecule has 0 radical (unpaired) electrons. The van der Waals surface area contributed by atoms with Gasteiger partial charge in [0.2, 0.25) is 0 Å². The molecule has 1 aliphatic rings. The number of hydrogen-bond donors (Lipinski definition) is 0. The number of aryl methyl sites for hydroxylation is 2. The third kappa shape index (κ3) is 4.85. The zero-order chi connectivity index (χ0) is 22.0. The highest BCUT2D eigenvalue weighted by Gasteiger charge is 2.25. The molecule has 0 spiro atoms. The summed E-state index contributed by atoms with van der Waals surface area (Å²) in [5.74, 6) is 1.30. The lowest BCUT2D eigenvalue weighted by Gasteiger charge is -2.36. The molecule has 1 amide bonds. The SMILES string of the molecule is Cc1nc(C)c(Cc2cccc(F)c2)c(N2CCN(C(=O)c3cccc(Cl)c3)CC2)n1. The van der Waals surface area contributed by atoms with Gasteiger partial charge in [0, 0.05) is 54.4 Å². The maximum Gasteiger partial charge on any atom is 0.254 e. The van der Waals surface area contributed by atoms with Crippen LogP contribution in [0.3, 0.4) is 0 Å². The van der Waals surface area contributed by atoms with Gasteiger partial charge in [0.25, 0.3) is 5.91 Å². The summed E-state index contributed by atoms with van der Waals surface area (Å²) in [6.07, 6.45) is 0.556. The fourth-order valence-corrected chi connectivity index (χ4v) is 4.15. The number of carbonyl (C=O) groups excluding carboxylic acids is 1. The maximum atomic E-state index is 13.7. The first-order valence-corrected chi connectivity index (χ1v) is 10.7. The van der Waals surface area contributed by atoms with Crippen molar-refractivity contribution in [1.82, 2.24) is 14.9 Å². The van der Waals surface area contributed by atoms with Crippen LogP contribution in [-0.4, -0.2) is 47.0 Å². The van der Waals surface area contributed by atoms with Gasteiger partial charge in [0.1, 0.15) is 17.5 Å². The van der Waals surface area contributed by atoms with Crippen molar-refractivity contribution in [2.24, 2.45) is 0 Å². The van der Waals surface area contributed by atoms with Crippen LogP contribution in [0.15, 0.2) is 48.5 Å². The Morgan fingerprint density at radius 3 is 2.48 bits per heavy atom. The predicted octanol–water partition coefficient (Wildman–Crippen LogP) is 4.44. The molecule has 31 heavy (non-hydrogen) atoms. The van der Waals surface area contributed by atoms with Crippen LogP contribution in [0.2, 0.25) is 5.02 Å². The van der Waals surface area contributed by atoms with Crippen LogP contribution in [0.5, 0.6) is 0 Å². The van der Waals surface area contributed by atoms with Crippen molar-refractivity contribution in [2.45, 2.75) is 20.3 Å². The quantitative estimate of drug-likeness (QED) is 0.604. The number of rotatable bonds is 4. The normalized spacial score (nSPS) is 14.1. The van der Waals surface area contributed by atoms with E-state index in [1.54, 1.807) is 36.4 Å². The van der Waals surface area contributed by atoms with Crippen LogP contribution >= 0.6 is 11.6 Å². The third-order valence-electron chi connectivity index (χ3n) is 5.51. The molecule has 0 bridgehead atoms. The third-order valence-corrected chi connectivity index (χ3v) is 5.75. The van der Waals surface area contributed by atoms with Crippen molar-refractivity contribution in [2.75, 3.05) is 31.1 Å². The minimum absolute atomic E-state index is 0.0165. The second-order valence-corrected chi connectivity index (χ2v) is 8.19. The van der Waals surface area contributed by atoms with E-state index in [-0.39, 0.29) is 11.7 Å². The monoisotopic (exact) mass is 438 g/mol. The molecule has 4 rings (SSSR count). The van der Waals surface area contributed by atoms with Crippen molar-refractivity contribution in [1.29, 1.82) is 0 Å². The summed E-state index contributed by atoms with van der Waals surface area (Å²) in [5.41, 5.74) is 3.36. The second-order valence-electron chi connectivity index (χ2n) is 7.75. The molecular formula is C24H24ClFN4O. The van der Waals surface area contributed by atoms with E-state index in [0.717, 1.165) is 22.6 Å². The molecule has 1 aromatic heterocycles. The highest BCUT2D eigenvalue weighted by Crippen LogP contribution is 2.26. The first-order chi connectivity index (χ1) is 14.9. The molecule has 2 heterocycles. The Balaban J connectivity index is 1.53. The molecule has 1 fully saturated rings. The van der Waals surface area contributed by atoms with Gasteiger partial charge in [-0.2, -0.15) is 0 Å². The van der Waals surface area contributed by atoms with Crippen LogP contribution in [0, 0.1) is 19.7 Å². The largest absolute Gasteiger partial charge is 0.353 e. The average molecular weight is 439 g/mol. The Kier molecular flexibility index (Phi) is 6.18. The van der Waals surface area contributed by atoms with E-state index in [9.17, 15) is 9.18 Å². The summed E-state index contributed by atoms with van der Waals surface area (Å²) in [6.45, 7) is 6.35. The van der Waals surface area contributed by atoms with Gasteiger partial charge in [0.15, 0.2) is 0 Å². The molecule has 0 aliphatic carbocycles. The zero-order valence-corrected chi connectivity index (χ0v) is 18.4. The fraction of sp³-hybridized carbons (Fsp3) is 0.292. The molecule has 0 N–H and O–H groups in total. The van der Waals surface area contributed by atoms with Crippen LogP contribution in [-0.2, 0) is 6.42 Å².